The first-order valence-electron chi connectivity index (χ1n) is 22.2. The third kappa shape index (κ3) is 26.7. The normalized spacial score (nSPS) is 23.2. The number of carbonyl (C=O) groups is 1. The molecule has 12 nitrogen and oxygen atoms in total. The van der Waals surface area contributed by atoms with Crippen LogP contribution in [0.15, 0.2) is 24.3 Å². The Morgan fingerprint density at radius 3 is 1.52 bits per heavy atom. The van der Waals surface area contributed by atoms with Gasteiger partial charge in [0.1, 0.15) is 42.7 Å². The minimum atomic E-state index is -5.01. The van der Waals surface area contributed by atoms with Crippen molar-refractivity contribution in [2.24, 2.45) is 0 Å². The smallest absolute Gasteiger partial charge is 0.457 e. The number of esters is 1. The van der Waals surface area contributed by atoms with E-state index in [1.54, 1.807) is 0 Å². The van der Waals surface area contributed by atoms with E-state index in [1.165, 1.54) is 96.3 Å². The number of aliphatic hydroxyl groups is 5. The van der Waals surface area contributed by atoms with Crippen LogP contribution in [0.25, 0.3) is 0 Å². The van der Waals surface area contributed by atoms with Crippen molar-refractivity contribution in [3.63, 3.8) is 0 Å². The third-order valence-corrected chi connectivity index (χ3v) is 11.3. The van der Waals surface area contributed by atoms with E-state index >= 15 is 0 Å². The van der Waals surface area contributed by atoms with Gasteiger partial charge in [-0.05, 0) is 44.9 Å². The van der Waals surface area contributed by atoms with E-state index in [1.807, 2.05) is 0 Å². The monoisotopic (exact) mass is 821 g/mol. The molecule has 1 saturated carbocycles. The molecular formula is C43H81O12P. The summed E-state index contributed by atoms with van der Waals surface area (Å²) in [6.45, 7) is 4.23. The molecule has 0 aromatic carbocycles. The fraction of sp³-hybridized carbons (Fsp3) is 0.884. The molecule has 0 aliphatic heterocycles. The van der Waals surface area contributed by atoms with Crippen molar-refractivity contribution in [3.05, 3.63) is 24.3 Å². The fourth-order valence-corrected chi connectivity index (χ4v) is 7.71. The van der Waals surface area contributed by atoms with Crippen LogP contribution in [0.1, 0.15) is 181 Å². The largest absolute Gasteiger partial charge is 0.472 e. The second-order valence-corrected chi connectivity index (χ2v) is 17.0. The minimum Gasteiger partial charge on any atom is -0.457 e. The first-order chi connectivity index (χ1) is 27.0. The number of hydrogen-bond acceptors (Lipinski definition) is 11. The number of aliphatic hydroxyl groups excluding tert-OH is 5. The quantitative estimate of drug-likeness (QED) is 0.0152. The number of phosphoric acid groups is 1. The molecule has 1 rings (SSSR count). The third-order valence-electron chi connectivity index (χ3n) is 10.3. The van der Waals surface area contributed by atoms with Crippen LogP contribution < -0.4 is 0 Å². The summed E-state index contributed by atoms with van der Waals surface area (Å²) in [7, 11) is -5.01. The van der Waals surface area contributed by atoms with Gasteiger partial charge in [0, 0.05) is 13.0 Å². The van der Waals surface area contributed by atoms with Gasteiger partial charge in [-0.3, -0.25) is 13.8 Å². The second kappa shape index (κ2) is 34.7. The van der Waals surface area contributed by atoms with Gasteiger partial charge in [0.05, 0.1) is 13.2 Å². The van der Waals surface area contributed by atoms with Crippen LogP contribution in [0.3, 0.4) is 0 Å². The highest BCUT2D eigenvalue weighted by atomic mass is 31.2. The van der Waals surface area contributed by atoms with E-state index in [9.17, 15) is 39.8 Å². The lowest BCUT2D eigenvalue weighted by Gasteiger charge is -2.41. The van der Waals surface area contributed by atoms with Gasteiger partial charge in [-0.25, -0.2) is 4.57 Å². The molecule has 0 saturated heterocycles. The highest BCUT2D eigenvalue weighted by molar-refractivity contribution is 7.47. The second-order valence-electron chi connectivity index (χ2n) is 15.6. The maximum Gasteiger partial charge on any atom is 0.472 e. The average molecular weight is 821 g/mol. The topological polar surface area (TPSA) is 192 Å². The van der Waals surface area contributed by atoms with Crippen LogP contribution in [0.4, 0.5) is 0 Å². The molecular weight excluding hydrogens is 739 g/mol. The number of allylic oxidation sites excluding steroid dienone is 4. The summed E-state index contributed by atoms with van der Waals surface area (Å²) in [5.74, 6) is -0.484. The molecule has 6 atom stereocenters. The molecule has 1 aliphatic carbocycles. The molecule has 0 amide bonds. The van der Waals surface area contributed by atoms with Gasteiger partial charge in [0.15, 0.2) is 0 Å². The number of rotatable bonds is 37. The maximum atomic E-state index is 12.8. The predicted octanol–water partition coefficient (Wildman–Crippen LogP) is 8.53. The molecule has 1 aliphatic rings. The Bertz CT molecular complexity index is 1030. The lowest BCUT2D eigenvalue weighted by molar-refractivity contribution is -0.220. The highest BCUT2D eigenvalue weighted by Gasteiger charge is 2.51. The molecule has 13 heteroatoms. The Balaban J connectivity index is 2.40. The van der Waals surface area contributed by atoms with E-state index in [0.717, 1.165) is 57.8 Å². The predicted molar refractivity (Wildman–Crippen MR) is 221 cm³/mol. The molecule has 0 spiro atoms. The van der Waals surface area contributed by atoms with Crippen molar-refractivity contribution in [2.45, 2.75) is 224 Å². The summed E-state index contributed by atoms with van der Waals surface area (Å²) in [5, 5.41) is 50.1. The SMILES string of the molecule is CCCCCC/C=C\C/C=C\CCCCCCCCCC(=O)OC(COCCCCCCCCCCCCC)COP(=O)(O)OC1C(O)C(O)C(O)C(O)C1O. The first kappa shape index (κ1) is 52.8. The zero-order chi connectivity index (χ0) is 41.3. The minimum absolute atomic E-state index is 0.0766. The Morgan fingerprint density at radius 1 is 0.571 bits per heavy atom. The van der Waals surface area contributed by atoms with E-state index in [-0.39, 0.29) is 13.0 Å². The van der Waals surface area contributed by atoms with Crippen LogP contribution in [0, 0.1) is 0 Å². The van der Waals surface area contributed by atoms with E-state index < -0.39 is 63.1 Å². The molecule has 6 N–H and O–H groups in total. The van der Waals surface area contributed by atoms with Crippen LogP contribution in [-0.4, -0.2) is 98.9 Å². The van der Waals surface area contributed by atoms with Gasteiger partial charge in [0.2, 0.25) is 0 Å². The zero-order valence-electron chi connectivity index (χ0n) is 34.9. The Morgan fingerprint density at radius 2 is 1.00 bits per heavy atom. The molecule has 1 fully saturated rings. The van der Waals surface area contributed by atoms with Crippen molar-refractivity contribution in [1.82, 2.24) is 0 Å². The van der Waals surface area contributed by atoms with Gasteiger partial charge in [-0.2, -0.15) is 0 Å². The van der Waals surface area contributed by atoms with Crippen LogP contribution in [0.2, 0.25) is 0 Å². The zero-order valence-corrected chi connectivity index (χ0v) is 35.8. The number of ether oxygens (including phenoxy) is 2. The van der Waals surface area contributed by atoms with Crippen molar-refractivity contribution in [3.8, 4) is 0 Å². The molecule has 0 heterocycles. The van der Waals surface area contributed by atoms with Crippen molar-refractivity contribution in [1.29, 1.82) is 0 Å². The van der Waals surface area contributed by atoms with E-state index in [0.29, 0.717) is 13.0 Å². The fourth-order valence-electron chi connectivity index (χ4n) is 6.74. The molecule has 0 aromatic rings. The number of hydrogen-bond donors (Lipinski definition) is 6. The van der Waals surface area contributed by atoms with Gasteiger partial charge in [-0.1, -0.05) is 154 Å². The van der Waals surface area contributed by atoms with Crippen LogP contribution in [-0.2, 0) is 27.9 Å². The number of unbranched alkanes of at least 4 members (excludes halogenated alkanes) is 21. The summed E-state index contributed by atoms with van der Waals surface area (Å²) in [4.78, 5) is 23.1. The van der Waals surface area contributed by atoms with Gasteiger partial charge in [-0.15, -0.1) is 0 Å². The van der Waals surface area contributed by atoms with Crippen molar-refractivity contribution < 1.29 is 58.3 Å². The maximum absolute atomic E-state index is 12.8. The summed E-state index contributed by atoms with van der Waals surface area (Å²) in [6, 6.07) is 0. The summed E-state index contributed by atoms with van der Waals surface area (Å²) >= 11 is 0. The summed E-state index contributed by atoms with van der Waals surface area (Å²) < 4.78 is 34.1. The molecule has 6 unspecified atom stereocenters. The van der Waals surface area contributed by atoms with Crippen LogP contribution >= 0.6 is 7.82 Å². The molecule has 0 radical (unpaired) electrons. The molecule has 0 bridgehead atoms. The Kier molecular flexibility index (Phi) is 32.7. The summed E-state index contributed by atoms with van der Waals surface area (Å²) in [5.41, 5.74) is 0. The lowest BCUT2D eigenvalue weighted by Crippen LogP contribution is -2.64. The van der Waals surface area contributed by atoms with E-state index in [2.05, 4.69) is 38.2 Å². The average Bonchev–Trinajstić information content (AvgIpc) is 3.18. The number of phosphoric ester groups is 1. The molecule has 56 heavy (non-hydrogen) atoms. The standard InChI is InChI=1S/C43H81O12P/c1-3-5-7-9-11-13-15-16-17-18-19-20-21-22-24-26-28-30-32-37(44)54-36(34-52-33-31-29-27-25-23-14-12-10-8-6-4-2)35-53-56(50,51)55-43-41(48)39(46)38(45)40(47)42(43)49/h13,15,17-18,36,38-43,45-49H,3-12,14,16,19-35H2,1-2H3,(H,50,51)/b15-13-,18-17-. The van der Waals surface area contributed by atoms with Gasteiger partial charge in [0.25, 0.3) is 0 Å². The first-order valence-corrected chi connectivity index (χ1v) is 23.7. The van der Waals surface area contributed by atoms with Crippen molar-refractivity contribution >= 4 is 13.8 Å². The van der Waals surface area contributed by atoms with Gasteiger partial charge < -0.3 is 39.9 Å². The van der Waals surface area contributed by atoms with Crippen LogP contribution in [0.5, 0.6) is 0 Å². The Hall–Kier alpha value is -1.18. The number of carbonyl (C=O) groups excluding carboxylic acids is 1. The highest BCUT2D eigenvalue weighted by Crippen LogP contribution is 2.47. The van der Waals surface area contributed by atoms with Crippen molar-refractivity contribution in [2.75, 3.05) is 19.8 Å². The van der Waals surface area contributed by atoms with E-state index in [4.69, 9.17) is 18.5 Å². The molecule has 0 aromatic heterocycles. The molecule has 330 valence electrons. The Labute approximate surface area is 339 Å². The van der Waals surface area contributed by atoms with Gasteiger partial charge >= 0.3 is 13.8 Å². The summed E-state index contributed by atoms with van der Waals surface area (Å²) in [6.07, 6.45) is 25.3. The lowest BCUT2D eigenvalue weighted by atomic mass is 9.85.